The van der Waals surface area contributed by atoms with Crippen molar-refractivity contribution < 1.29 is 12.8 Å². The number of aryl methyl sites for hydroxylation is 1. The Hall–Kier alpha value is -1.34. The summed E-state index contributed by atoms with van der Waals surface area (Å²) < 4.78 is 41.0. The monoisotopic (exact) mass is 390 g/mol. The van der Waals surface area contributed by atoms with Crippen molar-refractivity contribution in [1.29, 1.82) is 0 Å². The number of rotatable bonds is 3. The zero-order valence-electron chi connectivity index (χ0n) is 12.7. The molecule has 0 aromatic heterocycles. The predicted molar refractivity (Wildman–Crippen MR) is 95.8 cm³/mol. The van der Waals surface area contributed by atoms with Crippen LogP contribution in [0.3, 0.4) is 0 Å². The Bertz CT molecular complexity index is 859. The van der Waals surface area contributed by atoms with E-state index >= 15 is 0 Å². The van der Waals surface area contributed by atoms with Gasteiger partial charge in [-0.2, -0.15) is 0 Å². The van der Waals surface area contributed by atoms with Gasteiger partial charge in [0, 0.05) is 18.1 Å². The topological polar surface area (TPSA) is 63.4 Å². The van der Waals surface area contributed by atoms with Gasteiger partial charge in [0.2, 0.25) is 0 Å². The van der Waals surface area contributed by atoms with Crippen LogP contribution in [0.15, 0.2) is 41.3 Å². The standard InChI is InChI=1S/C16H16ClFN2O2S.ClH/c17-13-4-5-14(18)16(9-13)23(21,22)20-7-1-2-12-8-11(10-19)3-6-15(12)20;/h3-6,8-9H,1-2,7,10,19H2;1H. The van der Waals surface area contributed by atoms with Crippen LogP contribution < -0.4 is 10.0 Å². The predicted octanol–water partition coefficient (Wildman–Crippen LogP) is 3.50. The number of anilines is 1. The van der Waals surface area contributed by atoms with Gasteiger partial charge in [0.15, 0.2) is 0 Å². The zero-order valence-corrected chi connectivity index (χ0v) is 15.1. The smallest absolute Gasteiger partial charge is 0.267 e. The van der Waals surface area contributed by atoms with Gasteiger partial charge in [0.05, 0.1) is 5.69 Å². The second-order valence-electron chi connectivity index (χ2n) is 5.42. The molecule has 0 unspecified atom stereocenters. The van der Waals surface area contributed by atoms with Gasteiger partial charge in [-0.25, -0.2) is 12.8 Å². The molecule has 1 aliphatic heterocycles. The van der Waals surface area contributed by atoms with Crippen LogP contribution in [0.4, 0.5) is 10.1 Å². The molecular formula is C16H17Cl2FN2O2S. The van der Waals surface area contributed by atoms with Gasteiger partial charge in [-0.1, -0.05) is 23.7 Å². The van der Waals surface area contributed by atoms with E-state index in [-0.39, 0.29) is 17.4 Å². The Morgan fingerprint density at radius 1 is 1.21 bits per heavy atom. The second kappa shape index (κ2) is 7.27. The highest BCUT2D eigenvalue weighted by Gasteiger charge is 2.31. The number of sulfonamides is 1. The van der Waals surface area contributed by atoms with Gasteiger partial charge in [-0.15, -0.1) is 12.4 Å². The van der Waals surface area contributed by atoms with E-state index in [1.165, 1.54) is 10.4 Å². The van der Waals surface area contributed by atoms with Gasteiger partial charge < -0.3 is 5.73 Å². The number of nitrogens with zero attached hydrogens (tertiary/aromatic N) is 1. The van der Waals surface area contributed by atoms with Crippen molar-refractivity contribution in [2.45, 2.75) is 24.3 Å². The van der Waals surface area contributed by atoms with E-state index in [9.17, 15) is 12.8 Å². The van der Waals surface area contributed by atoms with Crippen LogP contribution in [0.25, 0.3) is 0 Å². The summed E-state index contributed by atoms with van der Waals surface area (Å²) in [7, 11) is -4.01. The molecule has 24 heavy (non-hydrogen) atoms. The van der Waals surface area contributed by atoms with Gasteiger partial charge in [-0.05, 0) is 48.2 Å². The van der Waals surface area contributed by atoms with Crippen molar-refractivity contribution in [3.63, 3.8) is 0 Å². The third kappa shape index (κ3) is 3.37. The van der Waals surface area contributed by atoms with Crippen LogP contribution >= 0.6 is 24.0 Å². The minimum Gasteiger partial charge on any atom is -0.326 e. The molecule has 0 saturated carbocycles. The molecule has 2 N–H and O–H groups in total. The van der Waals surface area contributed by atoms with Crippen molar-refractivity contribution in [3.8, 4) is 0 Å². The normalized spacial score (nSPS) is 14.0. The number of hydrogen-bond acceptors (Lipinski definition) is 3. The van der Waals surface area contributed by atoms with E-state index < -0.39 is 20.7 Å². The van der Waals surface area contributed by atoms with Crippen molar-refractivity contribution >= 4 is 39.7 Å². The fraction of sp³-hybridized carbons (Fsp3) is 0.250. The van der Waals surface area contributed by atoms with E-state index in [1.807, 2.05) is 6.07 Å². The summed E-state index contributed by atoms with van der Waals surface area (Å²) >= 11 is 5.84. The van der Waals surface area contributed by atoms with Crippen molar-refractivity contribution in [3.05, 3.63) is 58.4 Å². The molecule has 4 nitrogen and oxygen atoms in total. The van der Waals surface area contributed by atoms with Crippen molar-refractivity contribution in [2.24, 2.45) is 5.73 Å². The summed E-state index contributed by atoms with van der Waals surface area (Å²) in [5.41, 5.74) is 8.06. The molecule has 0 amide bonds. The summed E-state index contributed by atoms with van der Waals surface area (Å²) in [6.45, 7) is 0.701. The maximum Gasteiger partial charge on any atom is 0.267 e. The molecule has 0 bridgehead atoms. The van der Waals surface area contributed by atoms with Crippen LogP contribution in [-0.4, -0.2) is 15.0 Å². The molecule has 0 atom stereocenters. The summed E-state index contributed by atoms with van der Waals surface area (Å²) in [6, 6.07) is 8.98. The Morgan fingerprint density at radius 3 is 2.67 bits per heavy atom. The summed E-state index contributed by atoms with van der Waals surface area (Å²) in [4.78, 5) is -0.402. The molecule has 0 radical (unpaired) electrons. The Balaban J connectivity index is 0.00000208. The van der Waals surface area contributed by atoms with Crippen molar-refractivity contribution in [2.75, 3.05) is 10.8 Å². The zero-order chi connectivity index (χ0) is 16.6. The molecule has 2 aromatic carbocycles. The maximum atomic E-state index is 14.0. The van der Waals surface area contributed by atoms with Crippen molar-refractivity contribution in [1.82, 2.24) is 0 Å². The average Bonchev–Trinajstić information content (AvgIpc) is 2.55. The molecule has 0 aliphatic carbocycles. The lowest BCUT2D eigenvalue weighted by molar-refractivity contribution is 0.561. The lowest BCUT2D eigenvalue weighted by Crippen LogP contribution is -2.36. The first-order valence-corrected chi connectivity index (χ1v) is 9.05. The van der Waals surface area contributed by atoms with E-state index in [0.717, 1.165) is 29.7 Å². The molecule has 0 spiro atoms. The summed E-state index contributed by atoms with van der Waals surface area (Å²) in [5.74, 6) is -0.805. The molecule has 1 heterocycles. The van der Waals surface area contributed by atoms with Crippen LogP contribution in [0.5, 0.6) is 0 Å². The second-order valence-corrected chi connectivity index (χ2v) is 7.69. The lowest BCUT2D eigenvalue weighted by atomic mass is 10.0. The summed E-state index contributed by atoms with van der Waals surface area (Å²) in [5, 5.41) is 0.181. The molecular weight excluding hydrogens is 374 g/mol. The van der Waals surface area contributed by atoms with E-state index in [2.05, 4.69) is 0 Å². The minimum atomic E-state index is -4.01. The highest BCUT2D eigenvalue weighted by Crippen LogP contribution is 2.34. The van der Waals surface area contributed by atoms with Crippen LogP contribution in [0.1, 0.15) is 17.5 Å². The molecule has 8 heteroatoms. The van der Waals surface area contributed by atoms with E-state index in [1.54, 1.807) is 12.1 Å². The third-order valence-corrected chi connectivity index (χ3v) is 5.98. The number of halogens is 3. The molecule has 3 rings (SSSR count). The fourth-order valence-corrected chi connectivity index (χ4v) is 4.66. The maximum absolute atomic E-state index is 14.0. The lowest BCUT2D eigenvalue weighted by Gasteiger charge is -2.31. The van der Waals surface area contributed by atoms with E-state index in [4.69, 9.17) is 17.3 Å². The molecule has 0 fully saturated rings. The average molecular weight is 391 g/mol. The first-order chi connectivity index (χ1) is 10.9. The van der Waals surface area contributed by atoms with Gasteiger partial charge in [-0.3, -0.25) is 4.31 Å². The molecule has 2 aromatic rings. The van der Waals surface area contributed by atoms with E-state index in [0.29, 0.717) is 25.2 Å². The quantitative estimate of drug-likeness (QED) is 0.871. The molecule has 130 valence electrons. The number of hydrogen-bond donors (Lipinski definition) is 1. The number of benzene rings is 2. The Kier molecular flexibility index (Phi) is 5.75. The first-order valence-electron chi connectivity index (χ1n) is 7.23. The van der Waals surface area contributed by atoms with Crippen LogP contribution in [0, 0.1) is 5.82 Å². The van der Waals surface area contributed by atoms with Crippen LogP contribution in [0.2, 0.25) is 5.02 Å². The highest BCUT2D eigenvalue weighted by atomic mass is 35.5. The van der Waals surface area contributed by atoms with Gasteiger partial charge in [0.25, 0.3) is 10.0 Å². The minimum absolute atomic E-state index is 0. The number of fused-ring (bicyclic) bond motifs is 1. The SMILES string of the molecule is Cl.NCc1ccc2c(c1)CCCN2S(=O)(=O)c1cc(Cl)ccc1F. The van der Waals surface area contributed by atoms with Gasteiger partial charge in [0.1, 0.15) is 10.7 Å². The molecule has 0 saturated heterocycles. The first kappa shape index (κ1) is 19.0. The fourth-order valence-electron chi connectivity index (χ4n) is 2.79. The third-order valence-electron chi connectivity index (χ3n) is 3.92. The van der Waals surface area contributed by atoms with Gasteiger partial charge >= 0.3 is 0 Å². The number of nitrogens with two attached hydrogens (primary N) is 1. The Morgan fingerprint density at radius 2 is 1.96 bits per heavy atom. The highest BCUT2D eigenvalue weighted by molar-refractivity contribution is 7.92. The summed E-state index contributed by atoms with van der Waals surface area (Å²) in [6.07, 6.45) is 1.44. The Labute approximate surface area is 151 Å². The van der Waals surface area contributed by atoms with Crippen LogP contribution in [-0.2, 0) is 23.0 Å². The largest absolute Gasteiger partial charge is 0.326 e. The molecule has 1 aliphatic rings.